The molecule has 6 nitrogen and oxygen atoms in total. The minimum Gasteiger partial charge on any atom is -0.454 e. The van der Waals surface area contributed by atoms with Crippen LogP contribution in [0.15, 0.2) is 168 Å². The Balaban J connectivity index is 1.39. The second kappa shape index (κ2) is 10.7. The number of nitrogens with zero attached hydrogens (tertiary/aromatic N) is 5. The smallest absolute Gasteiger partial charge is 0.238 e. The lowest BCUT2D eigenvalue weighted by Crippen LogP contribution is -2.07. The number of rotatable bonds is 4. The van der Waals surface area contributed by atoms with Crippen LogP contribution < -0.4 is 0 Å². The minimum absolute atomic E-state index is 0.521. The standard InChI is InChI=1S/C45H27N5O/c1-4-14-28(15-5-1)43-46-44(29-16-6-2-7-17-29)48-45(47-43)50-40-34(35-26-27-36-32-21-11-13-23-38(32)51-42(36)41(35)50)25-24-33-31-20-10-12-22-37(31)49(39(33)40)30-18-8-3-9-19-30/h1-27H. The number of benzene rings is 7. The van der Waals surface area contributed by atoms with Gasteiger partial charge in [-0.1, -0.05) is 133 Å². The zero-order valence-electron chi connectivity index (χ0n) is 27.2. The molecule has 0 fully saturated rings. The van der Waals surface area contributed by atoms with Crippen molar-refractivity contribution >= 4 is 65.6 Å². The molecule has 7 aromatic carbocycles. The van der Waals surface area contributed by atoms with Crippen molar-refractivity contribution in [2.24, 2.45) is 0 Å². The van der Waals surface area contributed by atoms with Crippen molar-refractivity contribution in [1.82, 2.24) is 24.1 Å². The largest absolute Gasteiger partial charge is 0.454 e. The summed E-state index contributed by atoms with van der Waals surface area (Å²) in [6.45, 7) is 0. The molecule has 4 heterocycles. The molecule has 11 rings (SSSR count). The Kier molecular flexibility index (Phi) is 5.86. The summed E-state index contributed by atoms with van der Waals surface area (Å²) in [5.41, 5.74) is 8.65. The summed E-state index contributed by atoms with van der Waals surface area (Å²) in [4.78, 5) is 15.6. The van der Waals surface area contributed by atoms with Crippen molar-refractivity contribution < 1.29 is 4.42 Å². The van der Waals surface area contributed by atoms with Crippen molar-refractivity contribution in [3.8, 4) is 34.4 Å². The van der Waals surface area contributed by atoms with Gasteiger partial charge in [0.05, 0.1) is 16.6 Å². The summed E-state index contributed by atoms with van der Waals surface area (Å²) in [5.74, 6) is 1.72. The highest BCUT2D eigenvalue weighted by Gasteiger charge is 2.26. The molecule has 0 atom stereocenters. The van der Waals surface area contributed by atoms with Crippen LogP contribution in [0.2, 0.25) is 0 Å². The van der Waals surface area contributed by atoms with Crippen LogP contribution in [0.4, 0.5) is 0 Å². The summed E-state index contributed by atoms with van der Waals surface area (Å²) in [7, 11) is 0. The molecule has 0 aliphatic rings. The summed E-state index contributed by atoms with van der Waals surface area (Å²) >= 11 is 0. The summed E-state index contributed by atoms with van der Waals surface area (Å²) in [5, 5.41) is 6.58. The average molecular weight is 654 g/mol. The van der Waals surface area contributed by atoms with Gasteiger partial charge in [-0.2, -0.15) is 9.97 Å². The van der Waals surface area contributed by atoms with Crippen LogP contribution in [0.25, 0.3) is 100.0 Å². The molecule has 0 unspecified atom stereocenters. The predicted molar refractivity (Wildman–Crippen MR) is 207 cm³/mol. The average Bonchev–Trinajstić information content (AvgIpc) is 3.87. The Labute approximate surface area is 291 Å². The Hall–Kier alpha value is -7.05. The third kappa shape index (κ3) is 4.07. The quantitative estimate of drug-likeness (QED) is 0.190. The monoisotopic (exact) mass is 653 g/mol. The first-order valence-corrected chi connectivity index (χ1v) is 17.0. The molecule has 4 aromatic heterocycles. The van der Waals surface area contributed by atoms with Crippen molar-refractivity contribution in [1.29, 1.82) is 0 Å². The summed E-state index contributed by atoms with van der Waals surface area (Å²) in [6.07, 6.45) is 0. The van der Waals surface area contributed by atoms with Crippen LogP contribution in [-0.4, -0.2) is 24.1 Å². The van der Waals surface area contributed by atoms with Crippen LogP contribution in [0.5, 0.6) is 0 Å². The number of fused-ring (bicyclic) bond motifs is 11. The lowest BCUT2D eigenvalue weighted by atomic mass is 10.1. The summed E-state index contributed by atoms with van der Waals surface area (Å²) in [6, 6.07) is 56.6. The van der Waals surface area contributed by atoms with Crippen LogP contribution >= 0.6 is 0 Å². The van der Waals surface area contributed by atoms with Crippen LogP contribution in [-0.2, 0) is 0 Å². The number of hydrogen-bond donors (Lipinski definition) is 0. The second-order valence-electron chi connectivity index (χ2n) is 12.8. The van der Waals surface area contributed by atoms with Gasteiger partial charge in [-0.05, 0) is 30.3 Å². The first-order valence-electron chi connectivity index (χ1n) is 17.0. The van der Waals surface area contributed by atoms with E-state index in [-0.39, 0.29) is 0 Å². The van der Waals surface area contributed by atoms with Gasteiger partial charge in [0.15, 0.2) is 17.2 Å². The summed E-state index contributed by atoms with van der Waals surface area (Å²) < 4.78 is 11.4. The molecule has 0 spiro atoms. The van der Waals surface area contributed by atoms with Gasteiger partial charge in [0.25, 0.3) is 0 Å². The van der Waals surface area contributed by atoms with Crippen LogP contribution in [0.3, 0.4) is 0 Å². The molecule has 0 radical (unpaired) electrons. The Morgan fingerprint density at radius 2 is 0.882 bits per heavy atom. The fraction of sp³-hybridized carbons (Fsp3) is 0. The molecule has 0 amide bonds. The third-order valence-electron chi connectivity index (χ3n) is 9.97. The maximum atomic E-state index is 6.77. The predicted octanol–water partition coefficient (Wildman–Crippen LogP) is 11.3. The van der Waals surface area contributed by atoms with E-state index in [0.29, 0.717) is 17.6 Å². The van der Waals surface area contributed by atoms with Gasteiger partial charge >= 0.3 is 0 Å². The molecule has 11 aromatic rings. The van der Waals surface area contributed by atoms with Gasteiger partial charge < -0.3 is 8.98 Å². The molecule has 0 aliphatic carbocycles. The Morgan fingerprint density at radius 3 is 1.57 bits per heavy atom. The van der Waals surface area contributed by atoms with E-state index in [9.17, 15) is 0 Å². The highest BCUT2D eigenvalue weighted by atomic mass is 16.3. The second-order valence-corrected chi connectivity index (χ2v) is 12.8. The van der Waals surface area contributed by atoms with E-state index in [1.807, 2.05) is 72.8 Å². The maximum absolute atomic E-state index is 6.77. The number of furan rings is 1. The van der Waals surface area contributed by atoms with E-state index < -0.39 is 0 Å². The van der Waals surface area contributed by atoms with E-state index in [1.54, 1.807) is 0 Å². The zero-order chi connectivity index (χ0) is 33.5. The van der Waals surface area contributed by atoms with Crippen LogP contribution in [0, 0.1) is 0 Å². The van der Waals surface area contributed by atoms with E-state index in [1.165, 1.54) is 5.39 Å². The highest BCUT2D eigenvalue weighted by molar-refractivity contribution is 6.27. The number of para-hydroxylation sites is 3. The zero-order valence-corrected chi connectivity index (χ0v) is 27.2. The number of hydrogen-bond acceptors (Lipinski definition) is 4. The molecule has 238 valence electrons. The molecule has 0 saturated heterocycles. The Morgan fingerprint density at radius 1 is 0.373 bits per heavy atom. The highest BCUT2D eigenvalue weighted by Crippen LogP contribution is 2.44. The third-order valence-corrected chi connectivity index (χ3v) is 9.97. The lowest BCUT2D eigenvalue weighted by Gasteiger charge is -2.13. The molecule has 0 N–H and O–H groups in total. The van der Waals surface area contributed by atoms with Gasteiger partial charge in [0.1, 0.15) is 11.1 Å². The van der Waals surface area contributed by atoms with Crippen molar-refractivity contribution in [2.75, 3.05) is 0 Å². The minimum atomic E-state index is 0.521. The molecule has 6 heteroatoms. The van der Waals surface area contributed by atoms with Gasteiger partial charge in [-0.15, -0.1) is 0 Å². The van der Waals surface area contributed by atoms with E-state index in [2.05, 4.69) is 100 Å². The number of aromatic nitrogens is 5. The fourth-order valence-corrected chi connectivity index (χ4v) is 7.75. The van der Waals surface area contributed by atoms with Gasteiger partial charge in [-0.3, -0.25) is 4.57 Å². The van der Waals surface area contributed by atoms with E-state index in [0.717, 1.165) is 77.0 Å². The van der Waals surface area contributed by atoms with Gasteiger partial charge in [-0.25, -0.2) is 4.98 Å². The Bertz CT molecular complexity index is 3060. The first kappa shape index (κ1) is 27.9. The normalized spacial score (nSPS) is 11.9. The maximum Gasteiger partial charge on any atom is 0.238 e. The molecular formula is C45H27N5O. The molecular weight excluding hydrogens is 627 g/mol. The topological polar surface area (TPSA) is 61.7 Å². The van der Waals surface area contributed by atoms with Crippen LogP contribution in [0.1, 0.15) is 0 Å². The molecule has 0 saturated carbocycles. The fourth-order valence-electron chi connectivity index (χ4n) is 7.75. The van der Waals surface area contributed by atoms with Crippen molar-refractivity contribution in [3.05, 3.63) is 164 Å². The van der Waals surface area contributed by atoms with Gasteiger partial charge in [0.2, 0.25) is 5.95 Å². The van der Waals surface area contributed by atoms with E-state index >= 15 is 0 Å². The molecule has 0 bridgehead atoms. The van der Waals surface area contributed by atoms with Crippen molar-refractivity contribution in [3.63, 3.8) is 0 Å². The lowest BCUT2D eigenvalue weighted by molar-refractivity contribution is 0.670. The first-order chi connectivity index (χ1) is 25.3. The van der Waals surface area contributed by atoms with E-state index in [4.69, 9.17) is 19.4 Å². The molecule has 51 heavy (non-hydrogen) atoms. The molecule has 0 aliphatic heterocycles. The van der Waals surface area contributed by atoms with Crippen molar-refractivity contribution in [2.45, 2.75) is 0 Å². The van der Waals surface area contributed by atoms with Gasteiger partial charge in [0, 0.05) is 49.1 Å². The SMILES string of the molecule is c1ccc(-c2nc(-c3ccccc3)nc(-n3c4c(ccc5c6ccccc6oc54)c4ccc5c6ccccc6n(-c6ccccc6)c5c43)n2)cc1.